The van der Waals surface area contributed by atoms with Gasteiger partial charge >= 0.3 is 0 Å². The van der Waals surface area contributed by atoms with E-state index in [1.54, 1.807) is 32.7 Å². The highest BCUT2D eigenvalue weighted by Gasteiger charge is 2.37. The Hall–Kier alpha value is -4.09. The molecule has 0 spiro atoms. The number of ether oxygens (including phenoxy) is 2. The van der Waals surface area contributed by atoms with Gasteiger partial charge < -0.3 is 19.3 Å². The first-order chi connectivity index (χ1) is 21.9. The van der Waals surface area contributed by atoms with Gasteiger partial charge in [-0.05, 0) is 69.7 Å². The smallest absolute Gasteiger partial charge is 0.179 e. The van der Waals surface area contributed by atoms with Gasteiger partial charge in [-0.15, -0.1) is 0 Å². The number of likely N-dealkylation sites (tertiary alicyclic amines) is 2. The van der Waals surface area contributed by atoms with Crippen molar-refractivity contribution in [3.8, 4) is 12.1 Å². The Balaban J connectivity index is 0.000000181. The third-order valence-corrected chi connectivity index (χ3v) is 10.0. The fraction of sp³-hybridized carbons (Fsp3) is 0.486. The lowest BCUT2D eigenvalue weighted by atomic mass is 9.86. The van der Waals surface area contributed by atoms with Gasteiger partial charge in [-0.3, -0.25) is 14.6 Å². The summed E-state index contributed by atoms with van der Waals surface area (Å²) >= 11 is 6.04. The SMILES string of the molecule is COC1(C)CCN(C2=C(C#N)C(=O)Cc3cnc(C)cc32)CC1.COC1(C)CCN(C2=C(C#N)C(=O)Cc3cnc(Cl)cc32)CC1. The highest BCUT2D eigenvalue weighted by atomic mass is 35.5. The van der Waals surface area contributed by atoms with Gasteiger partial charge in [0.2, 0.25) is 0 Å². The van der Waals surface area contributed by atoms with Crippen LogP contribution in [0.2, 0.25) is 5.15 Å². The Morgan fingerprint density at radius 2 is 1.17 bits per heavy atom. The summed E-state index contributed by atoms with van der Waals surface area (Å²) in [5.74, 6) is -0.264. The molecule has 11 heteroatoms. The topological polar surface area (TPSA) is 132 Å². The van der Waals surface area contributed by atoms with Crippen LogP contribution in [0.15, 0.2) is 35.7 Å². The van der Waals surface area contributed by atoms with Crippen LogP contribution in [-0.4, -0.2) is 82.9 Å². The minimum Gasteiger partial charge on any atom is -0.378 e. The second-order valence-corrected chi connectivity index (χ2v) is 13.2. The quantitative estimate of drug-likeness (QED) is 0.426. The fourth-order valence-electron chi connectivity index (χ4n) is 6.53. The third kappa shape index (κ3) is 6.57. The number of aryl methyl sites for hydroxylation is 1. The summed E-state index contributed by atoms with van der Waals surface area (Å²) in [6.45, 7) is 9.15. The number of piperidine rings is 2. The molecule has 2 saturated heterocycles. The van der Waals surface area contributed by atoms with Crippen LogP contribution in [-0.2, 0) is 31.9 Å². The summed E-state index contributed by atoms with van der Waals surface area (Å²) in [7, 11) is 3.46. The lowest BCUT2D eigenvalue weighted by Gasteiger charge is -2.41. The lowest BCUT2D eigenvalue weighted by molar-refractivity contribution is -0.115. The Morgan fingerprint density at radius 1 is 0.761 bits per heavy atom. The monoisotopic (exact) mass is 642 g/mol. The molecule has 2 aromatic heterocycles. The molecule has 2 aliphatic heterocycles. The average Bonchev–Trinajstić information content (AvgIpc) is 3.05. The van der Waals surface area contributed by atoms with E-state index in [2.05, 4.69) is 45.8 Å². The molecule has 0 atom stereocenters. The number of hydrogen-bond donors (Lipinski definition) is 0. The highest BCUT2D eigenvalue weighted by Crippen LogP contribution is 2.38. The zero-order chi connectivity index (χ0) is 33.2. The first-order valence-electron chi connectivity index (χ1n) is 15.5. The number of nitrogens with zero attached hydrogens (tertiary/aromatic N) is 6. The molecule has 10 nitrogen and oxygen atoms in total. The van der Waals surface area contributed by atoms with Gasteiger partial charge in [0, 0.05) is 82.5 Å². The first-order valence-corrected chi connectivity index (χ1v) is 15.9. The minimum atomic E-state index is -0.154. The second kappa shape index (κ2) is 13.3. The van der Waals surface area contributed by atoms with Gasteiger partial charge in [0.15, 0.2) is 11.6 Å². The van der Waals surface area contributed by atoms with Crippen molar-refractivity contribution in [1.82, 2.24) is 19.8 Å². The van der Waals surface area contributed by atoms with E-state index in [0.29, 0.717) is 10.9 Å². The van der Waals surface area contributed by atoms with E-state index in [0.717, 1.165) is 85.5 Å². The highest BCUT2D eigenvalue weighted by molar-refractivity contribution is 6.29. The molecule has 0 radical (unpaired) electrons. The summed E-state index contributed by atoms with van der Waals surface area (Å²) in [6.07, 6.45) is 7.29. The zero-order valence-electron chi connectivity index (χ0n) is 27.1. The normalized spacial score (nSPS) is 20.3. The van der Waals surface area contributed by atoms with Crippen molar-refractivity contribution < 1.29 is 19.1 Å². The number of allylic oxidation sites excluding steroid dienone is 2. The molecule has 240 valence electrons. The number of carbonyl (C=O) groups excluding carboxylic acids is 2. The molecule has 0 bridgehead atoms. The number of hydrogen-bond acceptors (Lipinski definition) is 10. The maximum absolute atomic E-state index is 12.4. The van der Waals surface area contributed by atoms with Crippen molar-refractivity contribution in [2.24, 2.45) is 0 Å². The standard InChI is InChI=1S/C18H21N3O2.C17H18ClN3O2/c1-12-8-14-13(11-20-12)9-16(22)15(10-19)17(14)21-6-4-18(2,23-3)5-7-21;1-17(23-2)3-5-21(6-4-17)16-12-8-15(18)20-10-11(12)7-14(22)13(16)9-19/h8,11H,4-7,9H2,1-3H3;8,10H,3-7H2,1-2H3. The van der Waals surface area contributed by atoms with Crippen LogP contribution in [0, 0.1) is 29.6 Å². The van der Waals surface area contributed by atoms with Crippen molar-refractivity contribution in [2.45, 2.75) is 70.5 Å². The van der Waals surface area contributed by atoms with Crippen LogP contribution < -0.4 is 0 Å². The number of Topliss-reactive ketones (excluding diaryl/α,β-unsaturated/α-hetero) is 2. The average molecular weight is 643 g/mol. The van der Waals surface area contributed by atoms with E-state index < -0.39 is 0 Å². The van der Waals surface area contributed by atoms with Crippen LogP contribution in [0.4, 0.5) is 0 Å². The summed E-state index contributed by atoms with van der Waals surface area (Å²) in [4.78, 5) is 37.3. The molecule has 2 aliphatic carbocycles. The predicted octanol–water partition coefficient (Wildman–Crippen LogP) is 4.85. The van der Waals surface area contributed by atoms with E-state index in [1.807, 2.05) is 13.0 Å². The number of halogens is 1. The number of ketones is 2. The number of aromatic nitrogens is 2. The molecule has 2 fully saturated rings. The summed E-state index contributed by atoms with van der Waals surface area (Å²) in [6, 6.07) is 7.96. The number of methoxy groups -OCH3 is 2. The van der Waals surface area contributed by atoms with Crippen molar-refractivity contribution >= 4 is 34.6 Å². The number of rotatable bonds is 4. The second-order valence-electron chi connectivity index (χ2n) is 12.8. The van der Waals surface area contributed by atoms with E-state index in [1.165, 1.54) is 0 Å². The van der Waals surface area contributed by atoms with Gasteiger partial charge in [0.1, 0.15) is 28.4 Å². The van der Waals surface area contributed by atoms with E-state index in [-0.39, 0.29) is 46.8 Å². The Morgan fingerprint density at radius 3 is 1.59 bits per heavy atom. The van der Waals surface area contributed by atoms with Crippen molar-refractivity contribution in [2.75, 3.05) is 40.4 Å². The van der Waals surface area contributed by atoms with Crippen LogP contribution in [0.25, 0.3) is 11.4 Å². The number of fused-ring (bicyclic) bond motifs is 2. The predicted molar refractivity (Wildman–Crippen MR) is 173 cm³/mol. The van der Waals surface area contributed by atoms with Crippen LogP contribution in [0.1, 0.15) is 67.5 Å². The Bertz CT molecular complexity index is 1580. The van der Waals surface area contributed by atoms with Crippen LogP contribution in [0.3, 0.4) is 0 Å². The molecule has 4 aliphatic rings. The fourth-order valence-corrected chi connectivity index (χ4v) is 6.69. The van der Waals surface area contributed by atoms with Gasteiger partial charge in [-0.25, -0.2) is 4.98 Å². The van der Waals surface area contributed by atoms with E-state index in [4.69, 9.17) is 21.1 Å². The van der Waals surface area contributed by atoms with Gasteiger partial charge in [0.05, 0.1) is 22.6 Å². The lowest BCUT2D eigenvalue weighted by Crippen LogP contribution is -2.43. The number of nitriles is 2. The van der Waals surface area contributed by atoms with Crippen molar-refractivity contribution in [3.05, 3.63) is 68.8 Å². The summed E-state index contributed by atoms with van der Waals surface area (Å²) < 4.78 is 11.2. The van der Waals surface area contributed by atoms with Crippen molar-refractivity contribution in [3.63, 3.8) is 0 Å². The first kappa shape index (κ1) is 33.3. The molecule has 0 aromatic carbocycles. The molecule has 46 heavy (non-hydrogen) atoms. The number of carbonyl (C=O) groups is 2. The Kier molecular flexibility index (Phi) is 9.65. The summed E-state index contributed by atoms with van der Waals surface area (Å²) in [5, 5.41) is 19.4. The molecular weight excluding hydrogens is 604 g/mol. The number of pyridine rings is 2. The largest absolute Gasteiger partial charge is 0.378 e. The maximum Gasteiger partial charge on any atom is 0.179 e. The molecule has 0 unspecified atom stereocenters. The Labute approximate surface area is 275 Å². The van der Waals surface area contributed by atoms with Gasteiger partial charge in [-0.2, -0.15) is 10.5 Å². The van der Waals surface area contributed by atoms with Gasteiger partial charge in [0.25, 0.3) is 0 Å². The molecule has 0 amide bonds. The van der Waals surface area contributed by atoms with E-state index in [9.17, 15) is 20.1 Å². The van der Waals surface area contributed by atoms with Crippen molar-refractivity contribution in [1.29, 1.82) is 10.5 Å². The molecule has 6 rings (SSSR count). The molecule has 0 N–H and O–H groups in total. The third-order valence-electron chi connectivity index (χ3n) is 9.80. The minimum absolute atomic E-state index is 0.110. The van der Waals surface area contributed by atoms with E-state index >= 15 is 0 Å². The van der Waals surface area contributed by atoms with Crippen LogP contribution in [0.5, 0.6) is 0 Å². The molecule has 0 saturated carbocycles. The summed E-state index contributed by atoms with van der Waals surface area (Å²) in [5.41, 5.74) is 6.17. The maximum atomic E-state index is 12.4. The molecule has 2 aromatic rings. The molecule has 4 heterocycles. The van der Waals surface area contributed by atoms with Crippen LogP contribution >= 0.6 is 11.6 Å². The zero-order valence-corrected chi connectivity index (χ0v) is 27.8. The van der Waals surface area contributed by atoms with Gasteiger partial charge in [-0.1, -0.05) is 11.6 Å². The molecular formula is C35H39ClN6O4.